The Morgan fingerprint density at radius 1 is 0.286 bits per heavy atom. The lowest BCUT2D eigenvalue weighted by Crippen LogP contribution is -2.37. The summed E-state index contributed by atoms with van der Waals surface area (Å²) < 4.78 is 43.9. The number of aromatic nitrogens is 8. The van der Waals surface area contributed by atoms with Gasteiger partial charge in [0.15, 0.2) is 34.0 Å². The Balaban J connectivity index is 0.000000149. The molecule has 0 radical (unpaired) electrons. The van der Waals surface area contributed by atoms with Crippen LogP contribution in [0.15, 0.2) is 238 Å². The summed E-state index contributed by atoms with van der Waals surface area (Å²) in [7, 11) is 8.03. The minimum absolute atomic E-state index is 0.367. The van der Waals surface area contributed by atoms with Gasteiger partial charge in [0, 0.05) is 6.07 Å². The molecule has 0 fully saturated rings. The van der Waals surface area contributed by atoms with Crippen LogP contribution in [0.4, 0.5) is 8.78 Å². The molecule has 14 rings (SSSR count). The Labute approximate surface area is 661 Å². The lowest BCUT2D eigenvalue weighted by atomic mass is 9.83. The molecule has 0 bridgehead atoms. The molecule has 564 valence electrons. The molecule has 0 atom stereocenters. The van der Waals surface area contributed by atoms with Gasteiger partial charge in [-0.2, -0.15) is 15.8 Å². The first-order valence-corrected chi connectivity index (χ1v) is 38.4. The van der Waals surface area contributed by atoms with Crippen LogP contribution >= 0.6 is 0 Å². The van der Waals surface area contributed by atoms with Crippen molar-refractivity contribution < 1.29 is 27.5 Å². The summed E-state index contributed by atoms with van der Waals surface area (Å²) in [5.41, 5.74) is 34.6. The summed E-state index contributed by atoms with van der Waals surface area (Å²) >= 11 is 0. The van der Waals surface area contributed by atoms with Gasteiger partial charge in [0.2, 0.25) is 24.8 Å². The van der Waals surface area contributed by atoms with Gasteiger partial charge in [0.1, 0.15) is 28.6 Å². The molecule has 10 aromatic carbocycles. The monoisotopic (exact) mass is 1480 g/mol. The lowest BCUT2D eigenvalue weighted by Gasteiger charge is -2.20. The molecular weight excluding hydrogens is 1380 g/mol. The molecule has 0 spiro atoms. The minimum Gasteiger partial charge on any atom is -0.207 e. The quantitative estimate of drug-likeness (QED) is 0.101. The van der Waals surface area contributed by atoms with Crippen LogP contribution in [0.1, 0.15) is 163 Å². The second-order valence-electron chi connectivity index (χ2n) is 30.9. The van der Waals surface area contributed by atoms with Gasteiger partial charge in [-0.1, -0.05) is 177 Å². The Morgan fingerprint density at radius 3 is 0.955 bits per heavy atom. The number of rotatable bonds is 14. The average molecular weight is 1480 g/mol. The molecule has 0 unspecified atom stereocenters. The number of nitrogens with zero attached hydrogens (tertiary/aromatic N) is 11. The Morgan fingerprint density at radius 2 is 0.607 bits per heavy atom. The maximum Gasteiger partial charge on any atom is 0.203 e. The summed E-state index contributed by atoms with van der Waals surface area (Å²) in [4.78, 5) is 0. The molecule has 0 saturated heterocycles. The standard InChI is InChI=1S/C30H32N3.C26H24N3.C24H28N3.C19H19F2N2/c1-20(2)27-15-25(24-10-8-7-9-11-24)16-28(21(3)4)30(27)26-18-32(6)33(19-26)29-13-12-23(17-31)14-22(29)5;1-18-12-21(15-27)10-11-25(18)29-17-24(16-28(29)4)26-19(2)13-23(14-20(26)3)22-8-6-5-7-9-22;1-16(2)21-8-7-9-22(17(3)4)24(21)20-14-26(6)27(15-20)23-11-10-19(13-25)12-18(23)5;1-12-6-5-7-13(2)18(12)15-10-22(4)23(11-15)19-14(3)8-16(20)9-17(19)21/h7-16,18-21H,1-6H3;5-14,16-17H,1-4H3;7-12,14-17H,1-6H3;5-11H,1-4H3/q4*+1. The van der Waals surface area contributed by atoms with Crippen molar-refractivity contribution in [3.8, 4) is 108 Å². The lowest BCUT2D eigenvalue weighted by molar-refractivity contribution is -0.744. The van der Waals surface area contributed by atoms with E-state index in [1.165, 1.54) is 106 Å². The van der Waals surface area contributed by atoms with E-state index in [0.29, 0.717) is 51.6 Å². The van der Waals surface area contributed by atoms with Crippen molar-refractivity contribution in [3.05, 3.63) is 333 Å². The molecule has 0 saturated carbocycles. The first-order chi connectivity index (χ1) is 53.5. The van der Waals surface area contributed by atoms with E-state index in [1.54, 1.807) is 11.6 Å². The van der Waals surface area contributed by atoms with Crippen molar-refractivity contribution in [3.63, 3.8) is 0 Å². The van der Waals surface area contributed by atoms with Gasteiger partial charge in [0.25, 0.3) is 0 Å². The Kier molecular flexibility index (Phi) is 24.8. The molecule has 11 nitrogen and oxygen atoms in total. The predicted molar refractivity (Wildman–Crippen MR) is 449 cm³/mol. The summed E-state index contributed by atoms with van der Waals surface area (Å²) in [6.45, 7) is 34.5. The van der Waals surface area contributed by atoms with Crippen LogP contribution in [0.2, 0.25) is 0 Å². The van der Waals surface area contributed by atoms with Gasteiger partial charge in [-0.05, 0) is 251 Å². The van der Waals surface area contributed by atoms with Crippen molar-refractivity contribution >= 4 is 0 Å². The fraction of sp³-hybridized carbons (Fsp3) is 0.242. The van der Waals surface area contributed by atoms with E-state index in [-0.39, 0.29) is 0 Å². The van der Waals surface area contributed by atoms with E-state index in [4.69, 9.17) is 10.5 Å². The molecule has 112 heavy (non-hydrogen) atoms. The summed E-state index contributed by atoms with van der Waals surface area (Å²) in [5, 5.41) is 27.5. The third-order valence-corrected chi connectivity index (χ3v) is 21.1. The Hall–Kier alpha value is -12.6. The van der Waals surface area contributed by atoms with Crippen molar-refractivity contribution in [2.75, 3.05) is 0 Å². The average Bonchev–Trinajstić information content (AvgIpc) is 1.64. The highest BCUT2D eigenvalue weighted by atomic mass is 19.1. The smallest absolute Gasteiger partial charge is 0.203 e. The molecular formula is C99H103F2N11+4. The predicted octanol–water partition coefficient (Wildman–Crippen LogP) is 22.1. The second-order valence-corrected chi connectivity index (χ2v) is 30.9. The van der Waals surface area contributed by atoms with Gasteiger partial charge in [-0.25, -0.2) is 8.78 Å². The summed E-state index contributed by atoms with van der Waals surface area (Å²) in [5.74, 6) is 0.584. The van der Waals surface area contributed by atoms with Gasteiger partial charge < -0.3 is 0 Å². The van der Waals surface area contributed by atoms with Gasteiger partial charge in [-0.3, -0.25) is 0 Å². The number of nitriles is 3. The fourth-order valence-corrected chi connectivity index (χ4v) is 15.6. The van der Waals surface area contributed by atoms with Crippen LogP contribution in [0.25, 0.3) is 89.5 Å². The normalized spacial score (nSPS) is 11.1. The summed E-state index contributed by atoms with van der Waals surface area (Å²) in [6, 6.07) is 69.7. The molecule has 4 heterocycles. The minimum atomic E-state index is -0.568. The van der Waals surface area contributed by atoms with Gasteiger partial charge in [-0.15, -0.1) is 37.5 Å². The number of aryl methyl sites for hydroxylation is 12. The molecule has 0 N–H and O–H groups in total. The van der Waals surface area contributed by atoms with Gasteiger partial charge >= 0.3 is 0 Å². The van der Waals surface area contributed by atoms with Crippen LogP contribution in [-0.2, 0) is 28.2 Å². The largest absolute Gasteiger partial charge is 0.207 e. The number of hydrogen-bond acceptors (Lipinski definition) is 3. The van der Waals surface area contributed by atoms with Crippen molar-refractivity contribution in [1.29, 1.82) is 15.8 Å². The van der Waals surface area contributed by atoms with Crippen LogP contribution < -0.4 is 18.7 Å². The van der Waals surface area contributed by atoms with Crippen LogP contribution in [-0.4, -0.2) is 18.7 Å². The van der Waals surface area contributed by atoms with E-state index in [0.717, 1.165) is 50.9 Å². The molecule has 0 aliphatic carbocycles. The van der Waals surface area contributed by atoms with E-state index in [1.807, 2.05) is 105 Å². The summed E-state index contributed by atoms with van der Waals surface area (Å²) in [6.07, 6.45) is 17.0. The fourth-order valence-electron chi connectivity index (χ4n) is 15.6. The highest BCUT2D eigenvalue weighted by Gasteiger charge is 2.27. The van der Waals surface area contributed by atoms with Crippen molar-refractivity contribution in [1.82, 2.24) is 18.7 Å². The van der Waals surface area contributed by atoms with Crippen molar-refractivity contribution in [2.24, 2.45) is 28.2 Å². The van der Waals surface area contributed by atoms with E-state index < -0.39 is 11.6 Å². The first-order valence-electron chi connectivity index (χ1n) is 38.4. The third kappa shape index (κ3) is 17.3. The van der Waals surface area contributed by atoms with Crippen LogP contribution in [0, 0.1) is 101 Å². The first kappa shape index (κ1) is 80.4. The maximum atomic E-state index is 14.3. The zero-order valence-corrected chi connectivity index (χ0v) is 68.5. The molecule has 0 aliphatic heterocycles. The molecule has 4 aromatic heterocycles. The highest BCUT2D eigenvalue weighted by Crippen LogP contribution is 2.42. The zero-order valence-electron chi connectivity index (χ0n) is 68.5. The Bertz CT molecular complexity index is 5810. The van der Waals surface area contributed by atoms with Crippen LogP contribution in [0.3, 0.4) is 0 Å². The van der Waals surface area contributed by atoms with E-state index >= 15 is 0 Å². The van der Waals surface area contributed by atoms with Crippen LogP contribution in [0.5, 0.6) is 0 Å². The highest BCUT2D eigenvalue weighted by molar-refractivity contribution is 5.79. The third-order valence-electron chi connectivity index (χ3n) is 21.1. The SMILES string of the molecule is Cc1cc(C#N)ccc1-n1cc(-c2c(C(C)C)cc(-c3ccccc3)cc2C(C)C)c[n+]1C.Cc1cc(C#N)ccc1-n1cc(-c2c(C(C)C)cccc2C(C)C)c[n+]1C.Cc1cc(C#N)ccc1-n1cc(-c2c(C)cc(-c3ccccc3)cc2C)c[n+]1C.Cc1cccc(C)c1-c1cn(-c2c(C)cc(F)cc2F)[n+](C)c1. The van der Waals surface area contributed by atoms with Gasteiger partial charge in [0.05, 0.1) is 81.9 Å². The second kappa shape index (κ2) is 34.5. The maximum absolute atomic E-state index is 14.3. The topological polar surface area (TPSA) is 107 Å². The van der Waals surface area contributed by atoms with E-state index in [9.17, 15) is 14.0 Å². The molecule has 0 aliphatic rings. The number of halogens is 2. The molecule has 0 amide bonds. The molecule has 14 aromatic rings. The molecule has 13 heteroatoms. The van der Waals surface area contributed by atoms with Crippen molar-refractivity contribution in [2.45, 2.75) is 134 Å². The number of hydrogen-bond donors (Lipinski definition) is 0. The van der Waals surface area contributed by atoms with E-state index in [2.05, 4.69) is 304 Å². The zero-order chi connectivity index (χ0) is 80.7. The number of benzene rings is 10.